The molecule has 0 saturated heterocycles. The second-order valence-electron chi connectivity index (χ2n) is 6.07. The molecule has 0 saturated carbocycles. The lowest BCUT2D eigenvalue weighted by Crippen LogP contribution is -2.23. The topological polar surface area (TPSA) is 85.1 Å². The Hall–Kier alpha value is -2.58. The molecule has 26 heavy (non-hydrogen) atoms. The molecule has 0 aliphatic rings. The number of rotatable bonds is 6. The number of benzene rings is 2. The minimum Gasteiger partial charge on any atom is -0.338 e. The van der Waals surface area contributed by atoms with Gasteiger partial charge < -0.3 is 4.52 Å². The highest BCUT2D eigenvalue weighted by atomic mass is 32.2. The van der Waals surface area contributed by atoms with Crippen molar-refractivity contribution in [1.82, 2.24) is 14.9 Å². The first-order valence-electron chi connectivity index (χ1n) is 8.03. The summed E-state index contributed by atoms with van der Waals surface area (Å²) in [7, 11) is -3.79. The molecule has 1 aromatic heterocycles. The molecule has 0 atom stereocenters. The van der Waals surface area contributed by atoms with Crippen molar-refractivity contribution in [2.75, 3.05) is 0 Å². The zero-order valence-corrected chi connectivity index (χ0v) is 15.1. The lowest BCUT2D eigenvalue weighted by molar-refractivity contribution is 0.376. The van der Waals surface area contributed by atoms with E-state index in [2.05, 4.69) is 28.7 Å². The predicted molar refractivity (Wildman–Crippen MR) is 94.2 cm³/mol. The summed E-state index contributed by atoms with van der Waals surface area (Å²) in [5.41, 5.74) is 1.98. The number of sulfonamides is 1. The van der Waals surface area contributed by atoms with Crippen molar-refractivity contribution >= 4 is 10.0 Å². The maximum atomic E-state index is 12.9. The van der Waals surface area contributed by atoms with Gasteiger partial charge in [0.15, 0.2) is 0 Å². The van der Waals surface area contributed by atoms with Crippen LogP contribution in [0.2, 0.25) is 0 Å². The molecule has 8 heteroatoms. The van der Waals surface area contributed by atoms with E-state index < -0.39 is 15.8 Å². The summed E-state index contributed by atoms with van der Waals surface area (Å²) < 4.78 is 44.7. The fourth-order valence-electron chi connectivity index (χ4n) is 2.31. The number of hydrogen-bond donors (Lipinski definition) is 1. The third-order valence-corrected chi connectivity index (χ3v) is 5.26. The van der Waals surface area contributed by atoms with Crippen molar-refractivity contribution in [2.24, 2.45) is 0 Å². The van der Waals surface area contributed by atoms with E-state index in [4.69, 9.17) is 4.52 Å². The molecule has 1 heterocycles. The molecule has 0 unspecified atom stereocenters. The van der Waals surface area contributed by atoms with E-state index in [0.717, 1.165) is 17.7 Å². The van der Waals surface area contributed by atoms with E-state index in [9.17, 15) is 12.8 Å². The largest absolute Gasteiger partial charge is 0.338 e. The highest BCUT2D eigenvalue weighted by molar-refractivity contribution is 7.89. The number of halogens is 1. The second-order valence-corrected chi connectivity index (χ2v) is 7.83. The van der Waals surface area contributed by atoms with Crippen molar-refractivity contribution in [3.63, 3.8) is 0 Å². The van der Waals surface area contributed by atoms with Crippen LogP contribution in [0.25, 0.3) is 11.4 Å². The Morgan fingerprint density at radius 1 is 1.08 bits per heavy atom. The first kappa shape index (κ1) is 18.2. The van der Waals surface area contributed by atoms with Gasteiger partial charge in [-0.3, -0.25) is 0 Å². The van der Waals surface area contributed by atoms with Gasteiger partial charge in [0.1, 0.15) is 5.82 Å². The van der Waals surface area contributed by atoms with E-state index >= 15 is 0 Å². The molecule has 0 aliphatic heterocycles. The SMILES string of the molecule is CC(C)c1ccc(-c2noc(CNS(=O)(=O)c3ccc(F)cc3)n2)cc1. The molecule has 0 bridgehead atoms. The fourth-order valence-corrected chi connectivity index (χ4v) is 3.29. The van der Waals surface area contributed by atoms with Gasteiger partial charge in [0.25, 0.3) is 0 Å². The third kappa shape index (κ3) is 4.14. The van der Waals surface area contributed by atoms with Gasteiger partial charge in [0.2, 0.25) is 21.7 Å². The van der Waals surface area contributed by atoms with E-state index in [0.29, 0.717) is 11.7 Å². The lowest BCUT2D eigenvalue weighted by atomic mass is 10.0. The molecule has 3 rings (SSSR count). The molecule has 0 amide bonds. The van der Waals surface area contributed by atoms with Crippen LogP contribution in [0.4, 0.5) is 4.39 Å². The highest BCUT2D eigenvalue weighted by Gasteiger charge is 2.16. The Kier molecular flexibility index (Phi) is 5.15. The highest BCUT2D eigenvalue weighted by Crippen LogP contribution is 2.20. The van der Waals surface area contributed by atoms with Crippen LogP contribution < -0.4 is 4.72 Å². The molecule has 0 aliphatic carbocycles. The zero-order chi connectivity index (χ0) is 18.7. The molecular formula is C18H18FN3O3S. The van der Waals surface area contributed by atoms with Gasteiger partial charge in [0, 0.05) is 5.56 Å². The summed E-state index contributed by atoms with van der Waals surface area (Å²) in [6, 6.07) is 12.3. The summed E-state index contributed by atoms with van der Waals surface area (Å²) in [6.07, 6.45) is 0. The quantitative estimate of drug-likeness (QED) is 0.713. The summed E-state index contributed by atoms with van der Waals surface area (Å²) in [5, 5.41) is 3.88. The monoisotopic (exact) mass is 375 g/mol. The van der Waals surface area contributed by atoms with Crippen molar-refractivity contribution in [3.05, 3.63) is 65.8 Å². The maximum Gasteiger partial charge on any atom is 0.242 e. The van der Waals surface area contributed by atoms with Gasteiger partial charge in [-0.2, -0.15) is 4.98 Å². The first-order valence-corrected chi connectivity index (χ1v) is 9.51. The van der Waals surface area contributed by atoms with E-state index in [-0.39, 0.29) is 17.3 Å². The fraction of sp³-hybridized carbons (Fsp3) is 0.222. The van der Waals surface area contributed by atoms with Crippen LogP contribution >= 0.6 is 0 Å². The molecule has 6 nitrogen and oxygen atoms in total. The summed E-state index contributed by atoms with van der Waals surface area (Å²) in [5.74, 6) is 0.439. The van der Waals surface area contributed by atoms with Gasteiger partial charge >= 0.3 is 0 Å². The number of aromatic nitrogens is 2. The Morgan fingerprint density at radius 2 is 1.73 bits per heavy atom. The minimum absolute atomic E-state index is 0.0390. The second kappa shape index (κ2) is 7.35. The molecule has 3 aromatic rings. The Labute approximate surface area is 151 Å². The van der Waals surface area contributed by atoms with Crippen LogP contribution in [0.5, 0.6) is 0 Å². The van der Waals surface area contributed by atoms with Gasteiger partial charge in [-0.25, -0.2) is 17.5 Å². The van der Waals surface area contributed by atoms with E-state index in [1.807, 2.05) is 24.3 Å². The predicted octanol–water partition coefficient (Wildman–Crippen LogP) is 3.48. The molecule has 1 N–H and O–H groups in total. The number of hydrogen-bond acceptors (Lipinski definition) is 5. The van der Waals surface area contributed by atoms with Gasteiger partial charge in [-0.05, 0) is 35.7 Å². The molecule has 2 aromatic carbocycles. The number of nitrogens with zero attached hydrogens (tertiary/aromatic N) is 2. The van der Waals surface area contributed by atoms with Crippen molar-refractivity contribution in [3.8, 4) is 11.4 Å². The summed E-state index contributed by atoms with van der Waals surface area (Å²) in [6.45, 7) is 4.06. The van der Waals surface area contributed by atoms with Crippen molar-refractivity contribution in [1.29, 1.82) is 0 Å². The lowest BCUT2D eigenvalue weighted by Gasteiger charge is -2.04. The molecular weight excluding hydrogens is 357 g/mol. The van der Waals surface area contributed by atoms with Crippen LogP contribution in [0, 0.1) is 5.82 Å². The standard InChI is InChI=1S/C18H18FN3O3S/c1-12(2)13-3-5-14(6-4-13)18-21-17(25-22-18)11-20-26(23,24)16-9-7-15(19)8-10-16/h3-10,12,20H,11H2,1-2H3. The van der Waals surface area contributed by atoms with Gasteiger partial charge in [-0.1, -0.05) is 43.3 Å². The first-order chi connectivity index (χ1) is 12.3. The molecule has 136 valence electrons. The Bertz CT molecular complexity index is 981. The normalized spacial score (nSPS) is 11.8. The summed E-state index contributed by atoms with van der Waals surface area (Å²) >= 11 is 0. The van der Waals surface area contributed by atoms with Crippen LogP contribution in [-0.2, 0) is 16.6 Å². The summed E-state index contributed by atoms with van der Waals surface area (Å²) in [4.78, 5) is 4.16. The number of nitrogens with one attached hydrogen (secondary N) is 1. The Balaban J connectivity index is 1.69. The Morgan fingerprint density at radius 3 is 2.35 bits per heavy atom. The van der Waals surface area contributed by atoms with Gasteiger partial charge in [0.05, 0.1) is 11.4 Å². The smallest absolute Gasteiger partial charge is 0.242 e. The average Bonchev–Trinajstić information content (AvgIpc) is 3.10. The third-order valence-electron chi connectivity index (χ3n) is 3.84. The molecule has 0 spiro atoms. The van der Waals surface area contributed by atoms with Crippen LogP contribution in [0.1, 0.15) is 31.2 Å². The van der Waals surface area contributed by atoms with Crippen LogP contribution in [-0.4, -0.2) is 18.6 Å². The average molecular weight is 375 g/mol. The van der Waals surface area contributed by atoms with Crippen LogP contribution in [0.3, 0.4) is 0 Å². The van der Waals surface area contributed by atoms with Crippen molar-refractivity contribution < 1.29 is 17.3 Å². The molecule has 0 fully saturated rings. The van der Waals surface area contributed by atoms with Crippen LogP contribution in [0.15, 0.2) is 57.9 Å². The minimum atomic E-state index is -3.79. The van der Waals surface area contributed by atoms with E-state index in [1.165, 1.54) is 17.7 Å². The zero-order valence-electron chi connectivity index (χ0n) is 14.3. The molecule has 0 radical (unpaired) electrons. The van der Waals surface area contributed by atoms with Gasteiger partial charge in [-0.15, -0.1) is 0 Å². The van der Waals surface area contributed by atoms with E-state index in [1.54, 1.807) is 0 Å². The maximum absolute atomic E-state index is 12.9. The van der Waals surface area contributed by atoms with Crippen molar-refractivity contribution in [2.45, 2.75) is 31.2 Å².